The summed E-state index contributed by atoms with van der Waals surface area (Å²) in [4.78, 5) is 0. The van der Waals surface area contributed by atoms with E-state index in [0.29, 0.717) is 12.8 Å². The zero-order valence-electron chi connectivity index (χ0n) is 7.79. The van der Waals surface area contributed by atoms with Crippen molar-refractivity contribution in [2.45, 2.75) is 26.7 Å². The van der Waals surface area contributed by atoms with Crippen LogP contribution >= 0.6 is 0 Å². The van der Waals surface area contributed by atoms with Gasteiger partial charge in [-0.2, -0.15) is 5.26 Å². The second-order valence-electron chi connectivity index (χ2n) is 3.73. The van der Waals surface area contributed by atoms with Gasteiger partial charge in [0.25, 0.3) is 0 Å². The molecule has 0 aliphatic heterocycles. The third-order valence-electron chi connectivity index (χ3n) is 1.62. The van der Waals surface area contributed by atoms with Crippen LogP contribution in [0.5, 0.6) is 0 Å². The quantitative estimate of drug-likeness (QED) is 0.671. The molecule has 0 aliphatic rings. The first-order valence-electron chi connectivity index (χ1n) is 3.86. The van der Waals surface area contributed by atoms with Gasteiger partial charge in [-0.05, 0) is 26.7 Å². The Labute approximate surface area is 74.3 Å². The fourth-order valence-corrected chi connectivity index (χ4v) is 1.50. The van der Waals surface area contributed by atoms with Gasteiger partial charge in [0.1, 0.15) is 9.84 Å². The summed E-state index contributed by atoms with van der Waals surface area (Å²) in [6, 6.07) is 2.13. The largest absolute Gasteiger partial charge is 0.229 e. The van der Waals surface area contributed by atoms with Gasteiger partial charge in [0.05, 0.1) is 11.5 Å². The minimum Gasteiger partial charge on any atom is -0.229 e. The molecule has 0 aromatic heterocycles. The van der Waals surface area contributed by atoms with Gasteiger partial charge in [-0.25, -0.2) is 8.42 Å². The van der Waals surface area contributed by atoms with Crippen LogP contribution in [0.25, 0.3) is 0 Å². The van der Waals surface area contributed by atoms with E-state index in [-0.39, 0.29) is 5.75 Å². The maximum Gasteiger partial charge on any atom is 0.147 e. The first kappa shape index (κ1) is 11.4. The third kappa shape index (κ3) is 6.17. The minimum absolute atomic E-state index is 0.179. The molecule has 0 heterocycles. The Morgan fingerprint density at radius 2 is 1.92 bits per heavy atom. The van der Waals surface area contributed by atoms with Crippen molar-refractivity contribution in [2.75, 3.05) is 12.0 Å². The van der Waals surface area contributed by atoms with E-state index >= 15 is 0 Å². The number of nitriles is 1. The maximum atomic E-state index is 10.7. The molecule has 0 atom stereocenters. The van der Waals surface area contributed by atoms with E-state index in [4.69, 9.17) is 5.26 Å². The Bertz CT molecular complexity index is 272. The van der Waals surface area contributed by atoms with Crippen LogP contribution in [0.1, 0.15) is 26.7 Å². The van der Waals surface area contributed by atoms with E-state index in [2.05, 4.69) is 6.07 Å². The van der Waals surface area contributed by atoms with Crippen LogP contribution in [-0.4, -0.2) is 20.4 Å². The Morgan fingerprint density at radius 1 is 1.42 bits per heavy atom. The lowest BCUT2D eigenvalue weighted by Gasteiger charge is -2.13. The average molecular weight is 189 g/mol. The molecule has 3 nitrogen and oxygen atoms in total. The molecule has 4 heteroatoms. The Hall–Kier alpha value is -0.560. The second-order valence-corrected chi connectivity index (χ2v) is 5.99. The van der Waals surface area contributed by atoms with E-state index < -0.39 is 15.3 Å². The number of sulfone groups is 1. The predicted molar refractivity (Wildman–Crippen MR) is 48.3 cm³/mol. The first-order chi connectivity index (χ1) is 5.27. The van der Waals surface area contributed by atoms with Crippen molar-refractivity contribution in [1.82, 2.24) is 0 Å². The van der Waals surface area contributed by atoms with Gasteiger partial charge in [-0.15, -0.1) is 0 Å². The smallest absolute Gasteiger partial charge is 0.147 e. The monoisotopic (exact) mass is 189 g/mol. The summed E-state index contributed by atoms with van der Waals surface area (Å²) < 4.78 is 21.4. The highest BCUT2D eigenvalue weighted by molar-refractivity contribution is 7.90. The van der Waals surface area contributed by atoms with Crippen LogP contribution in [0.2, 0.25) is 0 Å². The van der Waals surface area contributed by atoms with Crippen LogP contribution in [0, 0.1) is 16.7 Å². The normalized spacial score (nSPS) is 12.5. The third-order valence-corrected chi connectivity index (χ3v) is 2.65. The minimum atomic E-state index is -2.86. The molecule has 0 aromatic rings. The molecular weight excluding hydrogens is 174 g/mol. The van der Waals surface area contributed by atoms with Gasteiger partial charge in [0, 0.05) is 12.0 Å². The molecule has 0 amide bonds. The predicted octanol–water partition coefficient (Wildman–Crippen LogP) is 1.36. The highest BCUT2D eigenvalue weighted by atomic mass is 32.2. The lowest BCUT2D eigenvalue weighted by Crippen LogP contribution is -2.11. The van der Waals surface area contributed by atoms with E-state index in [1.165, 1.54) is 6.26 Å². The molecule has 0 spiro atoms. The molecule has 0 N–H and O–H groups in total. The van der Waals surface area contributed by atoms with Gasteiger partial charge < -0.3 is 0 Å². The fourth-order valence-electron chi connectivity index (χ4n) is 0.832. The molecule has 0 saturated heterocycles. The summed E-state index contributed by atoms with van der Waals surface area (Å²) in [6.45, 7) is 3.63. The van der Waals surface area contributed by atoms with Gasteiger partial charge >= 0.3 is 0 Å². The zero-order chi connectivity index (χ0) is 9.83. The second kappa shape index (κ2) is 3.90. The SMILES string of the molecule is CC(C)(C#N)CCCS(C)(=O)=O. The van der Waals surface area contributed by atoms with E-state index in [1.54, 1.807) is 0 Å². The number of rotatable bonds is 4. The average Bonchev–Trinajstić information content (AvgIpc) is 1.84. The topological polar surface area (TPSA) is 57.9 Å². The fraction of sp³-hybridized carbons (Fsp3) is 0.875. The van der Waals surface area contributed by atoms with E-state index in [9.17, 15) is 8.42 Å². The van der Waals surface area contributed by atoms with Crippen LogP contribution in [0.3, 0.4) is 0 Å². The summed E-state index contributed by atoms with van der Waals surface area (Å²) >= 11 is 0. The number of hydrogen-bond acceptors (Lipinski definition) is 3. The van der Waals surface area contributed by atoms with Gasteiger partial charge in [-0.1, -0.05) is 0 Å². The standard InChI is InChI=1S/C8H15NO2S/c1-8(2,7-9)5-4-6-12(3,10)11/h4-6H2,1-3H3. The van der Waals surface area contributed by atoms with Crippen molar-refractivity contribution in [3.8, 4) is 6.07 Å². The molecule has 0 aromatic carbocycles. The van der Waals surface area contributed by atoms with Crippen LogP contribution in [0.15, 0.2) is 0 Å². The van der Waals surface area contributed by atoms with Crippen LogP contribution < -0.4 is 0 Å². The number of nitrogens with zero attached hydrogens (tertiary/aromatic N) is 1. The highest BCUT2D eigenvalue weighted by Crippen LogP contribution is 2.20. The zero-order valence-corrected chi connectivity index (χ0v) is 8.61. The first-order valence-corrected chi connectivity index (χ1v) is 5.92. The molecule has 0 aliphatic carbocycles. The number of hydrogen-bond donors (Lipinski definition) is 0. The van der Waals surface area contributed by atoms with E-state index in [0.717, 1.165) is 0 Å². The van der Waals surface area contributed by atoms with Gasteiger partial charge in [0.2, 0.25) is 0 Å². The Balaban J connectivity index is 3.82. The van der Waals surface area contributed by atoms with Crippen molar-refractivity contribution < 1.29 is 8.42 Å². The lowest BCUT2D eigenvalue weighted by atomic mass is 9.90. The molecule has 0 bridgehead atoms. The molecule has 0 rings (SSSR count). The molecule has 0 radical (unpaired) electrons. The van der Waals surface area contributed by atoms with E-state index in [1.807, 2.05) is 13.8 Å². The lowest BCUT2D eigenvalue weighted by molar-refractivity contribution is 0.445. The molecule has 70 valence electrons. The Kier molecular flexibility index (Phi) is 3.72. The molecular formula is C8H15NO2S. The molecule has 0 saturated carbocycles. The van der Waals surface area contributed by atoms with Gasteiger partial charge in [-0.3, -0.25) is 0 Å². The molecule has 0 fully saturated rings. The van der Waals surface area contributed by atoms with Crippen molar-refractivity contribution in [2.24, 2.45) is 5.41 Å². The molecule has 12 heavy (non-hydrogen) atoms. The van der Waals surface area contributed by atoms with Crippen LogP contribution in [0.4, 0.5) is 0 Å². The summed E-state index contributed by atoms with van der Waals surface area (Å²) in [6.07, 6.45) is 2.42. The maximum absolute atomic E-state index is 10.7. The summed E-state index contributed by atoms with van der Waals surface area (Å²) in [5, 5.41) is 8.62. The van der Waals surface area contributed by atoms with Crippen molar-refractivity contribution in [3.63, 3.8) is 0 Å². The summed E-state index contributed by atoms with van der Waals surface area (Å²) in [5.74, 6) is 0.179. The van der Waals surface area contributed by atoms with Crippen molar-refractivity contribution in [1.29, 1.82) is 5.26 Å². The summed E-state index contributed by atoms with van der Waals surface area (Å²) in [7, 11) is -2.86. The van der Waals surface area contributed by atoms with Crippen molar-refractivity contribution >= 4 is 9.84 Å². The molecule has 0 unspecified atom stereocenters. The highest BCUT2D eigenvalue weighted by Gasteiger charge is 2.16. The van der Waals surface area contributed by atoms with Crippen molar-refractivity contribution in [3.05, 3.63) is 0 Å². The van der Waals surface area contributed by atoms with Gasteiger partial charge in [0.15, 0.2) is 0 Å². The Morgan fingerprint density at radius 3 is 2.25 bits per heavy atom. The summed E-state index contributed by atoms with van der Waals surface area (Å²) in [5.41, 5.74) is -0.398. The van der Waals surface area contributed by atoms with Crippen LogP contribution in [-0.2, 0) is 9.84 Å².